The van der Waals surface area contributed by atoms with Crippen LogP contribution < -0.4 is 5.32 Å². The van der Waals surface area contributed by atoms with Crippen molar-refractivity contribution in [2.75, 3.05) is 13.1 Å². The normalized spacial score (nSPS) is 14.8. The van der Waals surface area contributed by atoms with Crippen LogP contribution in [0.25, 0.3) is 0 Å². The Hall–Kier alpha value is -1.84. The Balaban J connectivity index is 1.64. The van der Waals surface area contributed by atoms with Crippen LogP contribution in [0.5, 0.6) is 0 Å². The van der Waals surface area contributed by atoms with Gasteiger partial charge in [-0.1, -0.05) is 41.9 Å². The van der Waals surface area contributed by atoms with E-state index in [4.69, 9.17) is 11.6 Å². The zero-order chi connectivity index (χ0) is 16.1. The summed E-state index contributed by atoms with van der Waals surface area (Å²) in [7, 11) is 0. The van der Waals surface area contributed by atoms with Crippen LogP contribution in [0.1, 0.15) is 34.3 Å². The topological polar surface area (TPSA) is 32.3 Å². The third-order valence-corrected chi connectivity index (χ3v) is 4.47. The number of nitrogens with one attached hydrogen (secondary N) is 1. The van der Waals surface area contributed by atoms with Gasteiger partial charge in [-0.15, -0.1) is 0 Å². The molecule has 3 rings (SSSR count). The average molecular weight is 329 g/mol. The van der Waals surface area contributed by atoms with Crippen LogP contribution >= 0.6 is 11.6 Å². The minimum Gasteiger partial charge on any atom is -0.348 e. The lowest BCUT2D eigenvalue weighted by molar-refractivity contribution is 0.0951. The van der Waals surface area contributed by atoms with Gasteiger partial charge in [-0.3, -0.25) is 9.69 Å². The molecule has 0 aliphatic carbocycles. The molecule has 0 spiro atoms. The van der Waals surface area contributed by atoms with E-state index in [9.17, 15) is 4.79 Å². The molecular formula is C19H21ClN2O. The van der Waals surface area contributed by atoms with Gasteiger partial charge < -0.3 is 5.32 Å². The fourth-order valence-corrected chi connectivity index (χ4v) is 3.16. The average Bonchev–Trinajstić information content (AvgIpc) is 3.07. The van der Waals surface area contributed by atoms with Crippen molar-refractivity contribution in [2.45, 2.75) is 25.9 Å². The molecule has 1 heterocycles. The van der Waals surface area contributed by atoms with Gasteiger partial charge in [-0.05, 0) is 55.3 Å². The number of amides is 1. The van der Waals surface area contributed by atoms with Gasteiger partial charge in [0.2, 0.25) is 0 Å². The highest BCUT2D eigenvalue weighted by atomic mass is 35.5. The quantitative estimate of drug-likeness (QED) is 0.903. The van der Waals surface area contributed by atoms with Gasteiger partial charge >= 0.3 is 0 Å². The SMILES string of the molecule is O=C(NCc1ccccc1CN1CCCC1)c1cccc(Cl)c1. The number of rotatable bonds is 5. The van der Waals surface area contributed by atoms with E-state index in [2.05, 4.69) is 28.4 Å². The molecule has 2 aromatic carbocycles. The Kier molecular flexibility index (Phi) is 5.31. The van der Waals surface area contributed by atoms with Crippen LogP contribution in [0.3, 0.4) is 0 Å². The summed E-state index contributed by atoms with van der Waals surface area (Å²) in [5.41, 5.74) is 3.06. The monoisotopic (exact) mass is 328 g/mol. The zero-order valence-corrected chi connectivity index (χ0v) is 13.9. The molecule has 3 nitrogen and oxygen atoms in total. The Labute approximate surface area is 142 Å². The van der Waals surface area contributed by atoms with Crippen LogP contribution in [0.15, 0.2) is 48.5 Å². The summed E-state index contributed by atoms with van der Waals surface area (Å²) in [6.45, 7) is 3.84. The molecule has 23 heavy (non-hydrogen) atoms. The van der Waals surface area contributed by atoms with E-state index in [0.717, 1.165) is 6.54 Å². The molecule has 1 N–H and O–H groups in total. The Morgan fingerprint density at radius 3 is 2.52 bits per heavy atom. The Morgan fingerprint density at radius 1 is 1.04 bits per heavy atom. The molecule has 4 heteroatoms. The molecule has 1 amide bonds. The summed E-state index contributed by atoms with van der Waals surface area (Å²) in [6.07, 6.45) is 2.57. The smallest absolute Gasteiger partial charge is 0.251 e. The molecule has 1 fully saturated rings. The second-order valence-electron chi connectivity index (χ2n) is 5.94. The molecule has 1 saturated heterocycles. The minimum absolute atomic E-state index is 0.0940. The Bertz CT molecular complexity index is 681. The maximum Gasteiger partial charge on any atom is 0.251 e. The predicted molar refractivity (Wildman–Crippen MR) is 93.6 cm³/mol. The van der Waals surface area contributed by atoms with Gasteiger partial charge in [-0.2, -0.15) is 0 Å². The van der Waals surface area contributed by atoms with E-state index in [0.29, 0.717) is 17.1 Å². The number of nitrogens with zero attached hydrogens (tertiary/aromatic N) is 1. The maximum absolute atomic E-state index is 12.2. The van der Waals surface area contributed by atoms with Crippen LogP contribution in [0.4, 0.5) is 0 Å². The number of benzene rings is 2. The van der Waals surface area contributed by atoms with Crippen molar-refractivity contribution in [2.24, 2.45) is 0 Å². The molecule has 0 saturated carbocycles. The molecule has 0 atom stereocenters. The molecule has 0 aromatic heterocycles. The van der Waals surface area contributed by atoms with Crippen molar-refractivity contribution in [1.82, 2.24) is 10.2 Å². The van der Waals surface area contributed by atoms with E-state index in [1.807, 2.05) is 6.07 Å². The van der Waals surface area contributed by atoms with Crippen molar-refractivity contribution in [1.29, 1.82) is 0 Å². The summed E-state index contributed by atoms with van der Waals surface area (Å²) >= 11 is 5.94. The maximum atomic E-state index is 12.2. The zero-order valence-electron chi connectivity index (χ0n) is 13.1. The second kappa shape index (κ2) is 7.62. The van der Waals surface area contributed by atoms with Gasteiger partial charge in [-0.25, -0.2) is 0 Å². The van der Waals surface area contributed by atoms with Crippen molar-refractivity contribution in [3.63, 3.8) is 0 Å². The molecule has 1 aliphatic rings. The molecule has 2 aromatic rings. The molecule has 0 radical (unpaired) electrons. The van der Waals surface area contributed by atoms with E-state index in [-0.39, 0.29) is 5.91 Å². The molecule has 0 bridgehead atoms. The van der Waals surface area contributed by atoms with Gasteiger partial charge in [0.25, 0.3) is 5.91 Å². The van der Waals surface area contributed by atoms with Gasteiger partial charge in [0.1, 0.15) is 0 Å². The number of halogens is 1. The number of carbonyl (C=O) groups is 1. The van der Waals surface area contributed by atoms with Crippen LogP contribution in [0.2, 0.25) is 5.02 Å². The largest absolute Gasteiger partial charge is 0.348 e. The molecule has 120 valence electrons. The van der Waals surface area contributed by atoms with Gasteiger partial charge in [0.15, 0.2) is 0 Å². The standard InChI is InChI=1S/C19H21ClN2O/c20-18-9-5-8-15(12-18)19(23)21-13-16-6-1-2-7-17(16)14-22-10-3-4-11-22/h1-2,5-9,12H,3-4,10-11,13-14H2,(H,21,23). The van der Waals surface area contributed by atoms with Crippen molar-refractivity contribution >= 4 is 17.5 Å². The molecule has 1 aliphatic heterocycles. The van der Waals surface area contributed by atoms with Gasteiger partial charge in [0.05, 0.1) is 0 Å². The Morgan fingerprint density at radius 2 is 1.78 bits per heavy atom. The fourth-order valence-electron chi connectivity index (χ4n) is 2.97. The molecule has 0 unspecified atom stereocenters. The third kappa shape index (κ3) is 4.34. The van der Waals surface area contributed by atoms with Crippen molar-refractivity contribution in [3.8, 4) is 0 Å². The summed E-state index contributed by atoms with van der Waals surface area (Å²) in [6, 6.07) is 15.3. The predicted octanol–water partition coefficient (Wildman–Crippen LogP) is 3.87. The number of hydrogen-bond acceptors (Lipinski definition) is 2. The van der Waals surface area contributed by atoms with E-state index in [1.165, 1.54) is 37.1 Å². The van der Waals surface area contributed by atoms with Crippen molar-refractivity contribution < 1.29 is 4.79 Å². The summed E-state index contributed by atoms with van der Waals surface area (Å²) < 4.78 is 0. The summed E-state index contributed by atoms with van der Waals surface area (Å²) in [5.74, 6) is -0.0940. The van der Waals surface area contributed by atoms with Gasteiger partial charge in [0, 0.05) is 23.7 Å². The second-order valence-corrected chi connectivity index (χ2v) is 6.38. The first-order valence-corrected chi connectivity index (χ1v) is 8.43. The fraction of sp³-hybridized carbons (Fsp3) is 0.316. The minimum atomic E-state index is -0.0940. The van der Waals surface area contributed by atoms with E-state index >= 15 is 0 Å². The highest BCUT2D eigenvalue weighted by Gasteiger charge is 2.14. The summed E-state index contributed by atoms with van der Waals surface area (Å²) in [5, 5.41) is 3.57. The van der Waals surface area contributed by atoms with E-state index < -0.39 is 0 Å². The van der Waals surface area contributed by atoms with Crippen molar-refractivity contribution in [3.05, 3.63) is 70.2 Å². The van der Waals surface area contributed by atoms with Crippen LogP contribution in [-0.2, 0) is 13.1 Å². The highest BCUT2D eigenvalue weighted by molar-refractivity contribution is 6.30. The first-order chi connectivity index (χ1) is 11.2. The van der Waals surface area contributed by atoms with Crippen LogP contribution in [-0.4, -0.2) is 23.9 Å². The molecular weight excluding hydrogens is 308 g/mol. The van der Waals surface area contributed by atoms with E-state index in [1.54, 1.807) is 24.3 Å². The highest BCUT2D eigenvalue weighted by Crippen LogP contribution is 2.16. The lowest BCUT2D eigenvalue weighted by Gasteiger charge is -2.17. The van der Waals surface area contributed by atoms with Crippen LogP contribution in [0, 0.1) is 0 Å². The number of hydrogen-bond donors (Lipinski definition) is 1. The summed E-state index contributed by atoms with van der Waals surface area (Å²) in [4.78, 5) is 14.7. The third-order valence-electron chi connectivity index (χ3n) is 4.24. The lowest BCUT2D eigenvalue weighted by atomic mass is 10.1. The first-order valence-electron chi connectivity index (χ1n) is 8.05. The number of likely N-dealkylation sites (tertiary alicyclic amines) is 1. The number of carbonyl (C=O) groups excluding carboxylic acids is 1. The lowest BCUT2D eigenvalue weighted by Crippen LogP contribution is -2.25. The first kappa shape index (κ1) is 16.0.